The quantitative estimate of drug-likeness (QED) is 0.921. The maximum atomic E-state index is 12.5. The van der Waals surface area contributed by atoms with Crippen LogP contribution in [0.25, 0.3) is 0 Å². The molecule has 0 saturated carbocycles. The summed E-state index contributed by atoms with van der Waals surface area (Å²) in [5.41, 5.74) is 3.57. The summed E-state index contributed by atoms with van der Waals surface area (Å²) in [7, 11) is -1.98. The average molecular weight is 319 g/mol. The van der Waals surface area contributed by atoms with Gasteiger partial charge in [-0.25, -0.2) is 13.1 Å². The second-order valence-electron chi connectivity index (χ2n) is 5.27. The van der Waals surface area contributed by atoms with Crippen molar-refractivity contribution in [2.75, 3.05) is 7.11 Å². The smallest absolute Gasteiger partial charge is 0.241 e. The van der Waals surface area contributed by atoms with E-state index in [1.807, 2.05) is 38.1 Å². The zero-order valence-corrected chi connectivity index (χ0v) is 14.1. The number of sulfonamides is 1. The van der Waals surface area contributed by atoms with Crippen molar-refractivity contribution >= 4 is 10.0 Å². The molecule has 118 valence electrons. The van der Waals surface area contributed by atoms with Gasteiger partial charge in [-0.2, -0.15) is 0 Å². The third kappa shape index (κ3) is 3.31. The van der Waals surface area contributed by atoms with Gasteiger partial charge in [0.05, 0.1) is 12.0 Å². The van der Waals surface area contributed by atoms with Gasteiger partial charge in [0.15, 0.2) is 0 Å². The van der Waals surface area contributed by atoms with Gasteiger partial charge in [-0.15, -0.1) is 0 Å². The van der Waals surface area contributed by atoms with E-state index >= 15 is 0 Å². The van der Waals surface area contributed by atoms with Crippen LogP contribution in [0.4, 0.5) is 0 Å². The Morgan fingerprint density at radius 2 is 1.68 bits per heavy atom. The predicted octanol–water partition coefficient (Wildman–Crippen LogP) is 3.10. The van der Waals surface area contributed by atoms with Crippen LogP contribution in [-0.2, 0) is 16.6 Å². The Kier molecular flexibility index (Phi) is 4.88. The van der Waals surface area contributed by atoms with Crippen LogP contribution >= 0.6 is 0 Å². The van der Waals surface area contributed by atoms with Crippen LogP contribution in [0.3, 0.4) is 0 Å². The topological polar surface area (TPSA) is 55.4 Å². The number of rotatable bonds is 5. The number of hydrogen-bond acceptors (Lipinski definition) is 3. The predicted molar refractivity (Wildman–Crippen MR) is 87.7 cm³/mol. The zero-order chi connectivity index (χ0) is 16.3. The van der Waals surface area contributed by atoms with Gasteiger partial charge in [0, 0.05) is 6.54 Å². The largest absolute Gasteiger partial charge is 0.496 e. The van der Waals surface area contributed by atoms with Gasteiger partial charge < -0.3 is 4.74 Å². The Balaban J connectivity index is 2.28. The molecule has 0 aliphatic rings. The number of ether oxygens (including phenoxy) is 1. The molecule has 2 rings (SSSR count). The average Bonchev–Trinajstić information content (AvgIpc) is 2.49. The van der Waals surface area contributed by atoms with Gasteiger partial charge in [-0.05, 0) is 55.2 Å². The molecule has 0 heterocycles. The maximum absolute atomic E-state index is 12.5. The lowest BCUT2D eigenvalue weighted by molar-refractivity contribution is 0.410. The lowest BCUT2D eigenvalue weighted by Crippen LogP contribution is -2.24. The molecule has 0 fully saturated rings. The minimum absolute atomic E-state index is 0.277. The van der Waals surface area contributed by atoms with E-state index in [9.17, 15) is 8.42 Å². The summed E-state index contributed by atoms with van der Waals surface area (Å²) in [5.74, 6) is 0.690. The molecule has 0 atom stereocenters. The van der Waals surface area contributed by atoms with Crippen molar-refractivity contribution < 1.29 is 13.2 Å². The second kappa shape index (κ2) is 6.50. The van der Waals surface area contributed by atoms with Crippen molar-refractivity contribution in [3.63, 3.8) is 0 Å². The fraction of sp³-hybridized carbons (Fsp3) is 0.294. The SMILES string of the molecule is COc1ccc(S(=O)(=O)NCc2ccccc2C)c(C)c1C. The molecule has 0 aliphatic heterocycles. The van der Waals surface area contributed by atoms with Gasteiger partial charge >= 0.3 is 0 Å². The lowest BCUT2D eigenvalue weighted by atomic mass is 10.1. The molecule has 5 heteroatoms. The Morgan fingerprint density at radius 3 is 2.32 bits per heavy atom. The van der Waals surface area contributed by atoms with E-state index in [2.05, 4.69) is 4.72 Å². The van der Waals surface area contributed by atoms with Crippen molar-refractivity contribution in [1.29, 1.82) is 0 Å². The fourth-order valence-electron chi connectivity index (χ4n) is 2.34. The highest BCUT2D eigenvalue weighted by atomic mass is 32.2. The number of aryl methyl sites for hydroxylation is 1. The van der Waals surface area contributed by atoms with Crippen molar-refractivity contribution in [3.8, 4) is 5.75 Å². The molecule has 0 saturated heterocycles. The first-order chi connectivity index (χ1) is 10.4. The molecule has 0 bridgehead atoms. The first-order valence-electron chi connectivity index (χ1n) is 7.05. The Labute approximate surface area is 132 Å². The molecule has 0 amide bonds. The minimum atomic E-state index is -3.56. The van der Waals surface area contributed by atoms with Crippen LogP contribution in [0.2, 0.25) is 0 Å². The first-order valence-corrected chi connectivity index (χ1v) is 8.53. The summed E-state index contributed by atoms with van der Waals surface area (Å²) >= 11 is 0. The highest BCUT2D eigenvalue weighted by molar-refractivity contribution is 7.89. The van der Waals surface area contributed by atoms with Crippen molar-refractivity contribution in [2.45, 2.75) is 32.2 Å². The Bertz CT molecular complexity index is 782. The van der Waals surface area contributed by atoms with Crippen molar-refractivity contribution in [3.05, 3.63) is 58.7 Å². The fourth-order valence-corrected chi connectivity index (χ4v) is 3.65. The summed E-state index contributed by atoms with van der Waals surface area (Å²) in [5, 5.41) is 0. The minimum Gasteiger partial charge on any atom is -0.496 e. The number of hydrogen-bond donors (Lipinski definition) is 1. The highest BCUT2D eigenvalue weighted by Crippen LogP contribution is 2.26. The van der Waals surface area contributed by atoms with E-state index in [0.29, 0.717) is 16.2 Å². The Hall–Kier alpha value is -1.85. The monoisotopic (exact) mass is 319 g/mol. The number of methoxy groups -OCH3 is 1. The molecule has 2 aromatic carbocycles. The molecule has 2 aromatic rings. The third-order valence-corrected chi connectivity index (χ3v) is 5.46. The number of benzene rings is 2. The van der Waals surface area contributed by atoms with Gasteiger partial charge in [0.25, 0.3) is 0 Å². The molecular weight excluding hydrogens is 298 g/mol. The Morgan fingerprint density at radius 1 is 1.00 bits per heavy atom. The molecule has 0 aliphatic carbocycles. The van der Waals surface area contributed by atoms with Crippen LogP contribution in [-0.4, -0.2) is 15.5 Å². The van der Waals surface area contributed by atoms with Crippen LogP contribution < -0.4 is 9.46 Å². The molecule has 0 radical (unpaired) electrons. The summed E-state index contributed by atoms with van der Waals surface area (Å²) in [6.45, 7) is 5.89. The lowest BCUT2D eigenvalue weighted by Gasteiger charge is -2.14. The van der Waals surface area contributed by atoms with Crippen LogP contribution in [0.5, 0.6) is 5.75 Å². The van der Waals surface area contributed by atoms with E-state index < -0.39 is 10.0 Å². The van der Waals surface area contributed by atoms with Gasteiger partial charge in [-0.3, -0.25) is 0 Å². The molecular formula is C17H21NO3S. The van der Waals surface area contributed by atoms with Gasteiger partial charge in [-0.1, -0.05) is 24.3 Å². The molecule has 0 aromatic heterocycles. The van der Waals surface area contributed by atoms with E-state index in [-0.39, 0.29) is 6.54 Å². The van der Waals surface area contributed by atoms with Crippen molar-refractivity contribution in [2.24, 2.45) is 0 Å². The molecule has 1 N–H and O–H groups in total. The molecule has 4 nitrogen and oxygen atoms in total. The normalized spacial score (nSPS) is 11.5. The number of nitrogens with one attached hydrogen (secondary N) is 1. The van der Waals surface area contributed by atoms with E-state index in [0.717, 1.165) is 16.7 Å². The second-order valence-corrected chi connectivity index (χ2v) is 7.00. The van der Waals surface area contributed by atoms with Crippen molar-refractivity contribution in [1.82, 2.24) is 4.72 Å². The van der Waals surface area contributed by atoms with Gasteiger partial charge in [0.2, 0.25) is 10.0 Å². The van der Waals surface area contributed by atoms with E-state index in [1.54, 1.807) is 26.2 Å². The standard InChI is InChI=1S/C17H21NO3S/c1-12-7-5-6-8-15(12)11-18-22(19,20)17-10-9-16(21-4)13(2)14(17)3/h5-10,18H,11H2,1-4H3. The van der Waals surface area contributed by atoms with Crippen LogP contribution in [0, 0.1) is 20.8 Å². The summed E-state index contributed by atoms with van der Waals surface area (Å²) in [4.78, 5) is 0.291. The summed E-state index contributed by atoms with van der Waals surface area (Å²) in [6.07, 6.45) is 0. The molecule has 22 heavy (non-hydrogen) atoms. The first kappa shape index (κ1) is 16.5. The molecule has 0 spiro atoms. The maximum Gasteiger partial charge on any atom is 0.241 e. The highest BCUT2D eigenvalue weighted by Gasteiger charge is 2.19. The van der Waals surface area contributed by atoms with E-state index in [4.69, 9.17) is 4.74 Å². The molecule has 0 unspecified atom stereocenters. The summed E-state index contributed by atoms with van der Waals surface area (Å²) < 4.78 is 33.0. The zero-order valence-electron chi connectivity index (χ0n) is 13.3. The van der Waals surface area contributed by atoms with E-state index in [1.165, 1.54) is 0 Å². The summed E-state index contributed by atoms with van der Waals surface area (Å²) in [6, 6.07) is 11.0. The van der Waals surface area contributed by atoms with Gasteiger partial charge in [0.1, 0.15) is 5.75 Å². The van der Waals surface area contributed by atoms with Crippen LogP contribution in [0.1, 0.15) is 22.3 Å². The third-order valence-electron chi connectivity index (χ3n) is 3.91. The van der Waals surface area contributed by atoms with Crippen LogP contribution in [0.15, 0.2) is 41.3 Å².